The lowest BCUT2D eigenvalue weighted by Crippen LogP contribution is -2.30. The molecule has 0 spiro atoms. The van der Waals surface area contributed by atoms with E-state index in [0.717, 1.165) is 12.4 Å². The van der Waals surface area contributed by atoms with Crippen LogP contribution in [0, 0.1) is 5.92 Å². The summed E-state index contributed by atoms with van der Waals surface area (Å²) in [5.41, 5.74) is 0. The normalized spacial score (nSPS) is 13.3. The van der Waals surface area contributed by atoms with Crippen molar-refractivity contribution in [3.8, 4) is 0 Å². The standard InChI is InChI=1S/C12H20ClNO2/c1-9(2)7-15-8-10(3)14-6-11-4-5-12(13)16-11/h4-5,9-10,14H,6-8H2,1-3H3. The molecule has 0 amide bonds. The molecule has 1 unspecified atom stereocenters. The van der Waals surface area contributed by atoms with Crippen LogP contribution in [0.4, 0.5) is 0 Å². The number of halogens is 1. The van der Waals surface area contributed by atoms with Gasteiger partial charge in [-0.15, -0.1) is 0 Å². The third kappa shape index (κ3) is 5.54. The Labute approximate surface area is 102 Å². The van der Waals surface area contributed by atoms with Crippen LogP contribution in [0.1, 0.15) is 26.5 Å². The number of rotatable bonds is 7. The zero-order valence-electron chi connectivity index (χ0n) is 10.1. The van der Waals surface area contributed by atoms with Gasteiger partial charge in [-0.1, -0.05) is 13.8 Å². The Kier molecular flexibility index (Phi) is 5.88. The minimum Gasteiger partial charge on any atom is -0.448 e. The van der Waals surface area contributed by atoms with Crippen LogP contribution in [0.5, 0.6) is 0 Å². The molecule has 0 fully saturated rings. The maximum atomic E-state index is 5.68. The summed E-state index contributed by atoms with van der Waals surface area (Å²) in [7, 11) is 0. The summed E-state index contributed by atoms with van der Waals surface area (Å²) >= 11 is 5.68. The zero-order valence-corrected chi connectivity index (χ0v) is 10.9. The maximum Gasteiger partial charge on any atom is 0.193 e. The molecule has 3 nitrogen and oxygen atoms in total. The number of furan rings is 1. The molecule has 92 valence electrons. The highest BCUT2D eigenvalue weighted by Gasteiger charge is 2.04. The van der Waals surface area contributed by atoms with Crippen molar-refractivity contribution < 1.29 is 9.15 Å². The predicted molar refractivity (Wildman–Crippen MR) is 65.7 cm³/mol. The molecule has 4 heteroatoms. The molecule has 1 heterocycles. The van der Waals surface area contributed by atoms with E-state index in [2.05, 4.69) is 26.1 Å². The molecule has 0 radical (unpaired) electrons. The molecule has 1 aromatic rings. The Morgan fingerprint density at radius 3 is 2.62 bits per heavy atom. The van der Waals surface area contributed by atoms with Gasteiger partial charge in [0.2, 0.25) is 0 Å². The van der Waals surface area contributed by atoms with E-state index in [1.807, 2.05) is 6.07 Å². The molecular weight excluding hydrogens is 226 g/mol. The summed E-state index contributed by atoms with van der Waals surface area (Å²) in [5.74, 6) is 1.43. The van der Waals surface area contributed by atoms with Crippen molar-refractivity contribution in [1.29, 1.82) is 0 Å². The molecule has 0 aliphatic rings. The van der Waals surface area contributed by atoms with E-state index in [4.69, 9.17) is 20.8 Å². The molecule has 0 bridgehead atoms. The van der Waals surface area contributed by atoms with Crippen molar-refractivity contribution in [3.63, 3.8) is 0 Å². The Hall–Kier alpha value is -0.510. The minimum absolute atomic E-state index is 0.308. The minimum atomic E-state index is 0.308. The van der Waals surface area contributed by atoms with Crippen molar-refractivity contribution in [3.05, 3.63) is 23.1 Å². The molecule has 0 saturated heterocycles. The van der Waals surface area contributed by atoms with E-state index >= 15 is 0 Å². The molecule has 0 saturated carbocycles. The van der Waals surface area contributed by atoms with Crippen molar-refractivity contribution in [2.75, 3.05) is 13.2 Å². The highest BCUT2D eigenvalue weighted by molar-refractivity contribution is 6.28. The first-order chi connectivity index (χ1) is 7.58. The molecule has 0 aliphatic carbocycles. The SMILES string of the molecule is CC(C)COCC(C)NCc1ccc(Cl)o1. The number of ether oxygens (including phenoxy) is 1. The Bertz CT molecular complexity index is 299. The molecule has 1 N–H and O–H groups in total. The average molecular weight is 246 g/mol. The Morgan fingerprint density at radius 2 is 2.06 bits per heavy atom. The number of hydrogen-bond donors (Lipinski definition) is 1. The third-order valence-corrected chi connectivity index (χ3v) is 2.28. The predicted octanol–water partition coefficient (Wildman–Crippen LogP) is 3.08. The lowest BCUT2D eigenvalue weighted by molar-refractivity contribution is 0.0931. The molecule has 1 aromatic heterocycles. The number of nitrogens with one attached hydrogen (secondary N) is 1. The first-order valence-electron chi connectivity index (χ1n) is 5.63. The fraction of sp³-hybridized carbons (Fsp3) is 0.667. The van der Waals surface area contributed by atoms with Gasteiger partial charge in [-0.2, -0.15) is 0 Å². The van der Waals surface area contributed by atoms with Crippen LogP contribution in [0.2, 0.25) is 5.22 Å². The summed E-state index contributed by atoms with van der Waals surface area (Å²) in [4.78, 5) is 0. The van der Waals surface area contributed by atoms with Gasteiger partial charge in [0.15, 0.2) is 5.22 Å². The van der Waals surface area contributed by atoms with Crippen LogP contribution in [0.15, 0.2) is 16.5 Å². The van der Waals surface area contributed by atoms with E-state index in [-0.39, 0.29) is 0 Å². The third-order valence-electron chi connectivity index (χ3n) is 2.07. The highest BCUT2D eigenvalue weighted by atomic mass is 35.5. The van der Waals surface area contributed by atoms with Crippen molar-refractivity contribution in [1.82, 2.24) is 5.32 Å². The first kappa shape index (κ1) is 13.6. The van der Waals surface area contributed by atoms with Crippen LogP contribution in [0.3, 0.4) is 0 Å². The summed E-state index contributed by atoms with van der Waals surface area (Å²) in [6, 6.07) is 3.93. The van der Waals surface area contributed by atoms with Crippen molar-refractivity contribution in [2.45, 2.75) is 33.4 Å². The van der Waals surface area contributed by atoms with Crippen LogP contribution in [-0.2, 0) is 11.3 Å². The first-order valence-corrected chi connectivity index (χ1v) is 6.01. The van der Waals surface area contributed by atoms with Gasteiger partial charge in [-0.05, 0) is 36.6 Å². The molecule has 16 heavy (non-hydrogen) atoms. The summed E-state index contributed by atoms with van der Waals surface area (Å²) in [6.45, 7) is 8.57. The van der Waals surface area contributed by atoms with Crippen molar-refractivity contribution in [2.24, 2.45) is 5.92 Å². The van der Waals surface area contributed by atoms with Crippen LogP contribution >= 0.6 is 11.6 Å². The van der Waals surface area contributed by atoms with Crippen LogP contribution in [-0.4, -0.2) is 19.3 Å². The van der Waals surface area contributed by atoms with E-state index in [9.17, 15) is 0 Å². The van der Waals surface area contributed by atoms with Gasteiger partial charge in [0.1, 0.15) is 5.76 Å². The summed E-state index contributed by atoms with van der Waals surface area (Å²) in [5, 5.41) is 3.74. The molecule has 0 aromatic carbocycles. The largest absolute Gasteiger partial charge is 0.448 e. The smallest absolute Gasteiger partial charge is 0.193 e. The maximum absolute atomic E-state index is 5.68. The van der Waals surface area contributed by atoms with Crippen LogP contribution < -0.4 is 5.32 Å². The molecular formula is C12H20ClNO2. The summed E-state index contributed by atoms with van der Waals surface area (Å²) in [6.07, 6.45) is 0. The van der Waals surface area contributed by atoms with Gasteiger partial charge in [0, 0.05) is 12.6 Å². The van der Waals surface area contributed by atoms with E-state index in [1.165, 1.54) is 0 Å². The van der Waals surface area contributed by atoms with Gasteiger partial charge in [0.25, 0.3) is 0 Å². The van der Waals surface area contributed by atoms with Gasteiger partial charge in [0.05, 0.1) is 13.2 Å². The van der Waals surface area contributed by atoms with Crippen molar-refractivity contribution >= 4 is 11.6 Å². The van der Waals surface area contributed by atoms with E-state index in [0.29, 0.717) is 30.3 Å². The lowest BCUT2D eigenvalue weighted by atomic mass is 10.2. The molecule has 1 atom stereocenters. The second-order valence-electron chi connectivity index (χ2n) is 4.42. The lowest BCUT2D eigenvalue weighted by Gasteiger charge is -2.14. The van der Waals surface area contributed by atoms with Gasteiger partial charge in [-0.25, -0.2) is 0 Å². The topological polar surface area (TPSA) is 34.4 Å². The monoisotopic (exact) mass is 245 g/mol. The van der Waals surface area contributed by atoms with Gasteiger partial charge in [-0.3, -0.25) is 0 Å². The summed E-state index contributed by atoms with van der Waals surface area (Å²) < 4.78 is 10.8. The second kappa shape index (κ2) is 6.94. The zero-order chi connectivity index (χ0) is 12.0. The van der Waals surface area contributed by atoms with E-state index < -0.39 is 0 Å². The number of hydrogen-bond acceptors (Lipinski definition) is 3. The second-order valence-corrected chi connectivity index (χ2v) is 4.79. The van der Waals surface area contributed by atoms with Gasteiger partial charge < -0.3 is 14.5 Å². The highest BCUT2D eigenvalue weighted by Crippen LogP contribution is 2.12. The molecule has 1 rings (SSSR count). The van der Waals surface area contributed by atoms with Crippen LogP contribution in [0.25, 0.3) is 0 Å². The fourth-order valence-electron chi connectivity index (χ4n) is 1.26. The van der Waals surface area contributed by atoms with E-state index in [1.54, 1.807) is 6.07 Å². The molecule has 0 aliphatic heterocycles. The van der Waals surface area contributed by atoms with Gasteiger partial charge >= 0.3 is 0 Å². The fourth-order valence-corrected chi connectivity index (χ4v) is 1.42. The quantitative estimate of drug-likeness (QED) is 0.802. The Balaban J connectivity index is 2.12. The average Bonchev–Trinajstić information content (AvgIpc) is 2.61. The Morgan fingerprint density at radius 1 is 1.31 bits per heavy atom.